The van der Waals surface area contributed by atoms with Crippen molar-refractivity contribution in [3.63, 3.8) is 0 Å². The number of hydrogen-bond donors (Lipinski definition) is 0. The summed E-state index contributed by atoms with van der Waals surface area (Å²) in [5, 5.41) is 0. The molecule has 140 valence electrons. The van der Waals surface area contributed by atoms with E-state index in [-0.39, 0.29) is 6.54 Å². The summed E-state index contributed by atoms with van der Waals surface area (Å²) in [5.74, 6) is -11.7. The van der Waals surface area contributed by atoms with Crippen LogP contribution >= 0.6 is 0 Å². The van der Waals surface area contributed by atoms with Gasteiger partial charge >= 0.3 is 0 Å². The molecule has 10 heteroatoms. The summed E-state index contributed by atoms with van der Waals surface area (Å²) in [7, 11) is -4.96. The molecular weight excluding hydrogens is 379 g/mol. The Hall–Kier alpha value is -2.07. The van der Waals surface area contributed by atoms with E-state index in [0.717, 1.165) is 4.31 Å². The minimum absolute atomic E-state index is 0.292. The van der Waals surface area contributed by atoms with Gasteiger partial charge in [0.15, 0.2) is 28.2 Å². The molecule has 2 aromatic rings. The summed E-state index contributed by atoms with van der Waals surface area (Å²) >= 11 is 0. The molecule has 0 amide bonds. The van der Waals surface area contributed by atoms with Crippen molar-refractivity contribution in [2.75, 3.05) is 0 Å². The first-order valence-electron chi connectivity index (χ1n) is 7.59. The molecule has 1 aliphatic rings. The number of halogens is 5. The van der Waals surface area contributed by atoms with E-state index < -0.39 is 50.0 Å². The first-order chi connectivity index (χ1) is 12.1. The number of benzene rings is 1. The zero-order valence-electron chi connectivity index (χ0n) is 13.4. The first-order valence-corrected chi connectivity index (χ1v) is 9.03. The average molecular weight is 392 g/mol. The van der Waals surface area contributed by atoms with Crippen molar-refractivity contribution in [2.45, 2.75) is 37.2 Å². The summed E-state index contributed by atoms with van der Waals surface area (Å²) < 4.78 is 94.2. The smallest absolute Gasteiger partial charge is 0.249 e. The van der Waals surface area contributed by atoms with Crippen LogP contribution in [0.2, 0.25) is 0 Å². The van der Waals surface area contributed by atoms with Crippen LogP contribution in [0.5, 0.6) is 0 Å². The van der Waals surface area contributed by atoms with Crippen LogP contribution in [-0.4, -0.2) is 23.7 Å². The lowest BCUT2D eigenvalue weighted by Gasteiger charge is -2.22. The van der Waals surface area contributed by atoms with Gasteiger partial charge in [0.25, 0.3) is 0 Å². The molecule has 0 spiro atoms. The molecule has 26 heavy (non-hydrogen) atoms. The molecule has 3 rings (SSSR count). The molecule has 1 aromatic heterocycles. The van der Waals surface area contributed by atoms with E-state index in [4.69, 9.17) is 0 Å². The molecule has 1 saturated carbocycles. The van der Waals surface area contributed by atoms with Crippen LogP contribution < -0.4 is 0 Å². The van der Waals surface area contributed by atoms with Crippen LogP contribution in [0.1, 0.15) is 24.1 Å². The molecule has 0 atom stereocenters. The fraction of sp³-hybridized carbons (Fsp3) is 0.312. The van der Waals surface area contributed by atoms with Crippen molar-refractivity contribution in [2.24, 2.45) is 0 Å². The molecule has 1 heterocycles. The van der Waals surface area contributed by atoms with Gasteiger partial charge in [-0.15, -0.1) is 0 Å². The second kappa shape index (κ2) is 6.58. The number of pyridine rings is 1. The summed E-state index contributed by atoms with van der Waals surface area (Å²) in [5.41, 5.74) is 1.10. The third-order valence-electron chi connectivity index (χ3n) is 4.00. The summed E-state index contributed by atoms with van der Waals surface area (Å²) in [6, 6.07) is 2.62. The Kier molecular flexibility index (Phi) is 4.74. The van der Waals surface area contributed by atoms with Crippen LogP contribution in [0.4, 0.5) is 22.0 Å². The molecule has 0 aliphatic heterocycles. The minimum atomic E-state index is -4.96. The van der Waals surface area contributed by atoms with Gasteiger partial charge in [0.05, 0.1) is 0 Å². The monoisotopic (exact) mass is 392 g/mol. The topological polar surface area (TPSA) is 50.3 Å². The van der Waals surface area contributed by atoms with Crippen molar-refractivity contribution in [1.82, 2.24) is 9.29 Å². The lowest BCUT2D eigenvalue weighted by molar-refractivity contribution is 0.346. The molecule has 0 bridgehead atoms. The Morgan fingerprint density at radius 3 is 2.00 bits per heavy atom. The predicted octanol–water partition coefficient (Wildman–Crippen LogP) is 3.44. The van der Waals surface area contributed by atoms with Crippen LogP contribution in [0.3, 0.4) is 0 Å². The van der Waals surface area contributed by atoms with Gasteiger partial charge in [-0.25, -0.2) is 30.4 Å². The van der Waals surface area contributed by atoms with Gasteiger partial charge in [-0.05, 0) is 31.4 Å². The molecular formula is C16H13F5N2O2S. The van der Waals surface area contributed by atoms with Gasteiger partial charge in [-0.1, -0.05) is 6.07 Å². The van der Waals surface area contributed by atoms with Crippen molar-refractivity contribution in [3.8, 4) is 0 Å². The van der Waals surface area contributed by atoms with Crippen molar-refractivity contribution in [1.29, 1.82) is 0 Å². The first kappa shape index (κ1) is 18.7. The average Bonchev–Trinajstić information content (AvgIpc) is 3.42. The predicted molar refractivity (Wildman–Crippen MR) is 81.0 cm³/mol. The molecule has 0 radical (unpaired) electrons. The van der Waals surface area contributed by atoms with Crippen molar-refractivity contribution in [3.05, 3.63) is 58.7 Å². The lowest BCUT2D eigenvalue weighted by atomic mass is 10.2. The summed E-state index contributed by atoms with van der Waals surface area (Å²) in [6.45, 7) is 1.42. The standard InChI is InChI=1S/C16H13F5N2O2S/c1-8-2-3-9(6-22-8)7-23(10-4-5-10)26(24,25)16-14(20)12(18)11(17)13(19)15(16)21/h2-3,6,10H,4-5,7H2,1H3. The number of aryl methyl sites for hydroxylation is 1. The number of rotatable bonds is 5. The van der Waals surface area contributed by atoms with E-state index in [1.165, 1.54) is 6.20 Å². The summed E-state index contributed by atoms with van der Waals surface area (Å²) in [4.78, 5) is 2.17. The molecule has 0 unspecified atom stereocenters. The maximum atomic E-state index is 14.0. The van der Waals surface area contributed by atoms with Gasteiger partial charge in [0.2, 0.25) is 15.8 Å². The fourth-order valence-corrected chi connectivity index (χ4v) is 4.26. The molecule has 4 nitrogen and oxygen atoms in total. The van der Waals surface area contributed by atoms with Crippen LogP contribution in [0.25, 0.3) is 0 Å². The van der Waals surface area contributed by atoms with E-state index in [0.29, 0.717) is 24.1 Å². The zero-order valence-corrected chi connectivity index (χ0v) is 14.3. The second-order valence-corrected chi connectivity index (χ2v) is 7.82. The van der Waals surface area contributed by atoms with E-state index in [2.05, 4.69) is 4.98 Å². The number of aromatic nitrogens is 1. The van der Waals surface area contributed by atoms with Crippen molar-refractivity contribution < 1.29 is 30.4 Å². The Labute approximate surface area is 146 Å². The quantitative estimate of drug-likeness (QED) is 0.445. The van der Waals surface area contributed by atoms with Crippen LogP contribution in [0, 0.1) is 36.0 Å². The maximum Gasteiger partial charge on any atom is 0.249 e. The van der Waals surface area contributed by atoms with Crippen molar-refractivity contribution >= 4 is 10.0 Å². The SMILES string of the molecule is Cc1ccc(CN(C2CC2)S(=O)(=O)c2c(F)c(F)c(F)c(F)c2F)cn1. The Morgan fingerprint density at radius 2 is 1.54 bits per heavy atom. The highest BCUT2D eigenvalue weighted by atomic mass is 32.2. The summed E-state index contributed by atoms with van der Waals surface area (Å²) in [6.07, 6.45) is 2.24. The van der Waals surface area contributed by atoms with Crippen LogP contribution in [0.15, 0.2) is 23.2 Å². The minimum Gasteiger partial charge on any atom is -0.261 e. The van der Waals surface area contributed by atoms with E-state index in [9.17, 15) is 30.4 Å². The van der Waals surface area contributed by atoms with E-state index in [1.807, 2.05) is 0 Å². The zero-order chi connectivity index (χ0) is 19.2. The lowest BCUT2D eigenvalue weighted by Crippen LogP contribution is -2.34. The van der Waals surface area contributed by atoms with Gasteiger partial charge in [-0.3, -0.25) is 4.98 Å². The fourth-order valence-electron chi connectivity index (χ4n) is 2.47. The Morgan fingerprint density at radius 1 is 1.00 bits per heavy atom. The molecule has 0 saturated heterocycles. The highest BCUT2D eigenvalue weighted by Crippen LogP contribution is 2.36. The number of hydrogen-bond acceptors (Lipinski definition) is 3. The molecule has 1 aliphatic carbocycles. The number of sulfonamides is 1. The van der Waals surface area contributed by atoms with E-state index >= 15 is 0 Å². The Balaban J connectivity index is 2.09. The van der Waals surface area contributed by atoms with Gasteiger partial charge in [0.1, 0.15) is 0 Å². The molecule has 1 fully saturated rings. The van der Waals surface area contributed by atoms with Gasteiger partial charge < -0.3 is 0 Å². The number of nitrogens with zero attached hydrogens (tertiary/aromatic N) is 2. The highest BCUT2D eigenvalue weighted by molar-refractivity contribution is 7.89. The van der Waals surface area contributed by atoms with Crippen LogP contribution in [-0.2, 0) is 16.6 Å². The maximum absolute atomic E-state index is 14.0. The largest absolute Gasteiger partial charge is 0.261 e. The molecule has 1 aromatic carbocycles. The highest BCUT2D eigenvalue weighted by Gasteiger charge is 2.43. The van der Waals surface area contributed by atoms with Gasteiger partial charge in [0, 0.05) is 24.5 Å². The third kappa shape index (κ3) is 3.18. The third-order valence-corrected chi connectivity index (χ3v) is 5.92. The second-order valence-electron chi connectivity index (χ2n) is 5.99. The van der Waals surface area contributed by atoms with Gasteiger partial charge in [-0.2, -0.15) is 4.31 Å². The molecule has 0 N–H and O–H groups in total. The normalized spacial score (nSPS) is 14.9. The Bertz CT molecular complexity index is 931. The van der Waals surface area contributed by atoms with E-state index in [1.54, 1.807) is 19.1 Å².